The molecule has 0 bridgehead atoms. The van der Waals surface area contributed by atoms with E-state index in [0.717, 1.165) is 36.5 Å². The first-order chi connectivity index (χ1) is 10.1. The van der Waals surface area contributed by atoms with Gasteiger partial charge in [-0.1, -0.05) is 0 Å². The van der Waals surface area contributed by atoms with Crippen LogP contribution in [0.5, 0.6) is 0 Å². The van der Waals surface area contributed by atoms with Crippen molar-refractivity contribution in [3.63, 3.8) is 0 Å². The molecule has 1 aliphatic heterocycles. The van der Waals surface area contributed by atoms with Gasteiger partial charge in [0.1, 0.15) is 0 Å². The lowest BCUT2D eigenvalue weighted by Crippen LogP contribution is -2.39. The van der Waals surface area contributed by atoms with Crippen molar-refractivity contribution < 1.29 is 4.74 Å². The van der Waals surface area contributed by atoms with Crippen molar-refractivity contribution >= 4 is 21.9 Å². The molecule has 2 heterocycles. The number of guanidine groups is 1. The first-order valence-electron chi connectivity index (χ1n) is 7.44. The SMILES string of the molecule is CN=C(NCCC1CCCO1)N(C)Cc1cc(Br)cn1C. The summed E-state index contributed by atoms with van der Waals surface area (Å²) in [6.07, 6.45) is 5.92. The molecule has 118 valence electrons. The Kier molecular flexibility index (Phi) is 6.11. The van der Waals surface area contributed by atoms with E-state index in [4.69, 9.17) is 4.74 Å². The van der Waals surface area contributed by atoms with Crippen LogP contribution in [0.4, 0.5) is 0 Å². The van der Waals surface area contributed by atoms with Crippen LogP contribution in [0.3, 0.4) is 0 Å². The van der Waals surface area contributed by atoms with Gasteiger partial charge in [0, 0.05) is 50.7 Å². The number of aryl methyl sites for hydroxylation is 1. The molecule has 0 aromatic carbocycles. The van der Waals surface area contributed by atoms with Crippen molar-refractivity contribution in [3.05, 3.63) is 22.4 Å². The molecule has 0 saturated carbocycles. The molecule has 1 aliphatic rings. The normalized spacial score (nSPS) is 19.0. The van der Waals surface area contributed by atoms with Crippen LogP contribution in [0, 0.1) is 0 Å². The molecule has 6 heteroatoms. The number of nitrogens with one attached hydrogen (secondary N) is 1. The van der Waals surface area contributed by atoms with E-state index in [9.17, 15) is 0 Å². The van der Waals surface area contributed by atoms with E-state index in [-0.39, 0.29) is 0 Å². The third kappa shape index (κ3) is 4.74. The number of hydrogen-bond acceptors (Lipinski definition) is 2. The molecule has 1 aromatic heterocycles. The predicted octanol–water partition coefficient (Wildman–Crippen LogP) is 2.36. The number of ether oxygens (including phenoxy) is 1. The van der Waals surface area contributed by atoms with Crippen LogP contribution in [0.25, 0.3) is 0 Å². The van der Waals surface area contributed by atoms with Gasteiger partial charge in [-0.15, -0.1) is 0 Å². The third-order valence-electron chi connectivity index (χ3n) is 3.82. The number of halogens is 1. The first-order valence-corrected chi connectivity index (χ1v) is 8.23. The third-order valence-corrected chi connectivity index (χ3v) is 4.25. The summed E-state index contributed by atoms with van der Waals surface area (Å²) in [5.41, 5.74) is 1.24. The number of aliphatic imine (C=N–C) groups is 1. The van der Waals surface area contributed by atoms with Gasteiger partial charge in [0.15, 0.2) is 5.96 Å². The molecule has 0 radical (unpaired) electrons. The van der Waals surface area contributed by atoms with E-state index in [0.29, 0.717) is 6.10 Å². The fourth-order valence-electron chi connectivity index (χ4n) is 2.64. The monoisotopic (exact) mass is 356 g/mol. The van der Waals surface area contributed by atoms with E-state index < -0.39 is 0 Å². The highest BCUT2D eigenvalue weighted by Gasteiger charge is 2.15. The molecule has 0 aliphatic carbocycles. The predicted molar refractivity (Wildman–Crippen MR) is 89.5 cm³/mol. The maximum Gasteiger partial charge on any atom is 0.193 e. The van der Waals surface area contributed by atoms with Gasteiger partial charge in [-0.05, 0) is 41.3 Å². The fraction of sp³-hybridized carbons (Fsp3) is 0.667. The molecule has 1 atom stereocenters. The molecule has 1 saturated heterocycles. The summed E-state index contributed by atoms with van der Waals surface area (Å²) in [5.74, 6) is 0.922. The van der Waals surface area contributed by atoms with Gasteiger partial charge in [-0.2, -0.15) is 0 Å². The van der Waals surface area contributed by atoms with Crippen molar-refractivity contribution in [2.24, 2.45) is 12.0 Å². The highest BCUT2D eigenvalue weighted by molar-refractivity contribution is 9.10. The highest BCUT2D eigenvalue weighted by atomic mass is 79.9. The Hall–Kier alpha value is -1.01. The highest BCUT2D eigenvalue weighted by Crippen LogP contribution is 2.16. The zero-order valence-electron chi connectivity index (χ0n) is 13.1. The summed E-state index contributed by atoms with van der Waals surface area (Å²) in [6.45, 7) is 2.64. The minimum Gasteiger partial charge on any atom is -0.378 e. The number of nitrogens with zero attached hydrogens (tertiary/aromatic N) is 3. The van der Waals surface area contributed by atoms with Crippen molar-refractivity contribution in [1.82, 2.24) is 14.8 Å². The number of rotatable bonds is 5. The van der Waals surface area contributed by atoms with E-state index in [1.165, 1.54) is 18.5 Å². The lowest BCUT2D eigenvalue weighted by atomic mass is 10.2. The van der Waals surface area contributed by atoms with Crippen LogP contribution in [0.2, 0.25) is 0 Å². The smallest absolute Gasteiger partial charge is 0.193 e. The standard InChI is InChI=1S/C15H25BrN4O/c1-17-15(18-7-6-14-5-4-8-21-14)20(3)11-13-9-12(16)10-19(13)2/h9-10,14H,4-8,11H2,1-3H3,(H,17,18). The Labute approximate surface area is 135 Å². The van der Waals surface area contributed by atoms with Crippen molar-refractivity contribution in [2.45, 2.75) is 31.9 Å². The zero-order valence-corrected chi connectivity index (χ0v) is 14.7. The summed E-state index contributed by atoms with van der Waals surface area (Å²) in [7, 11) is 5.94. The maximum atomic E-state index is 5.64. The lowest BCUT2D eigenvalue weighted by Gasteiger charge is -2.23. The first kappa shape index (κ1) is 16.4. The van der Waals surface area contributed by atoms with Crippen LogP contribution in [0.15, 0.2) is 21.7 Å². The average Bonchev–Trinajstić information content (AvgIpc) is 3.05. The van der Waals surface area contributed by atoms with Gasteiger partial charge < -0.3 is 19.5 Å². The second-order valence-electron chi connectivity index (χ2n) is 5.51. The van der Waals surface area contributed by atoms with Crippen molar-refractivity contribution in [1.29, 1.82) is 0 Å². The number of hydrogen-bond donors (Lipinski definition) is 1. The topological polar surface area (TPSA) is 41.8 Å². The molecule has 0 amide bonds. The minimum absolute atomic E-state index is 0.421. The summed E-state index contributed by atoms with van der Waals surface area (Å²) in [5, 5.41) is 3.42. The fourth-order valence-corrected chi connectivity index (χ4v) is 3.21. The second kappa shape index (κ2) is 7.84. The average molecular weight is 357 g/mol. The molecule has 21 heavy (non-hydrogen) atoms. The molecule has 1 aromatic rings. The van der Waals surface area contributed by atoms with E-state index >= 15 is 0 Å². The maximum absolute atomic E-state index is 5.64. The van der Waals surface area contributed by atoms with Gasteiger partial charge in [-0.25, -0.2) is 0 Å². The van der Waals surface area contributed by atoms with E-state index in [1.54, 1.807) is 0 Å². The van der Waals surface area contributed by atoms with Gasteiger partial charge in [-0.3, -0.25) is 4.99 Å². The number of aromatic nitrogens is 1. The minimum atomic E-state index is 0.421. The lowest BCUT2D eigenvalue weighted by molar-refractivity contribution is 0.105. The summed E-state index contributed by atoms with van der Waals surface area (Å²) < 4.78 is 8.87. The molecule has 0 spiro atoms. The Morgan fingerprint density at radius 1 is 1.62 bits per heavy atom. The summed E-state index contributed by atoms with van der Waals surface area (Å²) in [6, 6.07) is 2.14. The van der Waals surface area contributed by atoms with Crippen LogP contribution in [-0.4, -0.2) is 48.8 Å². The van der Waals surface area contributed by atoms with Gasteiger partial charge >= 0.3 is 0 Å². The zero-order chi connectivity index (χ0) is 15.2. The van der Waals surface area contributed by atoms with Crippen LogP contribution in [0.1, 0.15) is 25.0 Å². The summed E-state index contributed by atoms with van der Waals surface area (Å²) >= 11 is 3.51. The Morgan fingerprint density at radius 3 is 3.00 bits per heavy atom. The molecule has 5 nitrogen and oxygen atoms in total. The molecule has 2 rings (SSSR count). The van der Waals surface area contributed by atoms with Crippen LogP contribution >= 0.6 is 15.9 Å². The van der Waals surface area contributed by atoms with Crippen molar-refractivity contribution in [3.8, 4) is 0 Å². The largest absolute Gasteiger partial charge is 0.378 e. The molecule has 1 fully saturated rings. The van der Waals surface area contributed by atoms with Gasteiger partial charge in [0.05, 0.1) is 12.6 Å². The van der Waals surface area contributed by atoms with Crippen LogP contribution < -0.4 is 5.32 Å². The molecular formula is C15H25BrN4O. The van der Waals surface area contributed by atoms with Gasteiger partial charge in [0.25, 0.3) is 0 Å². The molecule has 1 unspecified atom stereocenters. The quantitative estimate of drug-likeness (QED) is 0.650. The van der Waals surface area contributed by atoms with E-state index in [1.807, 2.05) is 7.05 Å². The Morgan fingerprint density at radius 2 is 2.43 bits per heavy atom. The van der Waals surface area contributed by atoms with Crippen LogP contribution in [-0.2, 0) is 18.3 Å². The van der Waals surface area contributed by atoms with Crippen molar-refractivity contribution in [2.75, 3.05) is 27.2 Å². The molecular weight excluding hydrogens is 332 g/mol. The molecule has 1 N–H and O–H groups in total. The van der Waals surface area contributed by atoms with Gasteiger partial charge in [0.2, 0.25) is 0 Å². The van der Waals surface area contributed by atoms with E-state index in [2.05, 4.69) is 62.1 Å². The Bertz CT molecular complexity index is 480. The summed E-state index contributed by atoms with van der Waals surface area (Å²) in [4.78, 5) is 6.49. The Balaban J connectivity index is 1.80. The second-order valence-corrected chi connectivity index (χ2v) is 6.43.